The van der Waals surface area contributed by atoms with Crippen LogP contribution in [0.4, 0.5) is 0 Å². The highest BCUT2D eigenvalue weighted by Gasteiger charge is 2.32. The summed E-state index contributed by atoms with van der Waals surface area (Å²) in [6, 6.07) is 2.06. The Labute approximate surface area is 124 Å². The van der Waals surface area contributed by atoms with Crippen molar-refractivity contribution in [2.75, 3.05) is 31.9 Å². The molecule has 1 aromatic heterocycles. The molecule has 21 heavy (non-hydrogen) atoms. The van der Waals surface area contributed by atoms with Crippen LogP contribution < -0.4 is 0 Å². The van der Waals surface area contributed by atoms with E-state index in [2.05, 4.69) is 5.10 Å². The molecule has 8 heteroatoms. The van der Waals surface area contributed by atoms with Crippen molar-refractivity contribution < 1.29 is 13.2 Å². The average Bonchev–Trinajstić information content (AvgIpc) is 3.10. The summed E-state index contributed by atoms with van der Waals surface area (Å²) in [6.45, 7) is 1.75. The lowest BCUT2D eigenvalue weighted by Gasteiger charge is -2.33. The zero-order chi connectivity index (χ0) is 14.9. The van der Waals surface area contributed by atoms with Gasteiger partial charge in [-0.05, 0) is 25.3 Å². The van der Waals surface area contributed by atoms with Gasteiger partial charge in [-0.25, -0.2) is 8.42 Å². The Bertz CT molecular complexity index is 599. The first kappa shape index (κ1) is 14.5. The van der Waals surface area contributed by atoms with Gasteiger partial charge in [0.2, 0.25) is 15.9 Å². The van der Waals surface area contributed by atoms with Crippen LogP contribution >= 0.6 is 0 Å². The number of likely N-dealkylation sites (tertiary alicyclic amines) is 1. The van der Waals surface area contributed by atoms with Gasteiger partial charge in [-0.3, -0.25) is 9.48 Å². The van der Waals surface area contributed by atoms with Crippen molar-refractivity contribution in [1.82, 2.24) is 19.0 Å². The summed E-state index contributed by atoms with van der Waals surface area (Å²) in [5.41, 5.74) is 0. The third-order valence-corrected chi connectivity index (χ3v) is 6.07. The smallest absolute Gasteiger partial charge is 0.237 e. The largest absolute Gasteiger partial charge is 0.339 e. The number of aromatic nitrogens is 2. The van der Waals surface area contributed by atoms with E-state index in [4.69, 9.17) is 0 Å². The Morgan fingerprint density at radius 1 is 1.29 bits per heavy atom. The number of rotatable bonds is 3. The molecule has 116 valence electrons. The first-order chi connectivity index (χ1) is 10.1. The predicted octanol–water partition coefficient (Wildman–Crippen LogP) is 0.0821. The summed E-state index contributed by atoms with van der Waals surface area (Å²) in [4.78, 5) is 14.1. The summed E-state index contributed by atoms with van der Waals surface area (Å²) in [6.07, 6.45) is 6.17. The molecule has 0 radical (unpaired) electrons. The van der Waals surface area contributed by atoms with E-state index >= 15 is 0 Å². The standard InChI is InChI=1S/C13H20N4O3S/c18-13(11-16-7-3-9-21(16,19)20)15-6-1-4-12(10-15)17-8-2-5-14-17/h2,5,8,12H,1,3-4,6-7,9-11H2/t12-/m1/s1. The lowest BCUT2D eigenvalue weighted by Crippen LogP contribution is -2.45. The molecule has 0 aromatic carbocycles. The van der Waals surface area contributed by atoms with Crippen molar-refractivity contribution in [3.63, 3.8) is 0 Å². The number of amides is 1. The molecule has 1 aromatic rings. The van der Waals surface area contributed by atoms with Gasteiger partial charge in [0.25, 0.3) is 0 Å². The average molecular weight is 312 g/mol. The predicted molar refractivity (Wildman–Crippen MR) is 77.1 cm³/mol. The SMILES string of the molecule is O=C(CN1CCCS1(=O)=O)N1CCC[C@@H](n2cccn2)C1. The van der Waals surface area contributed by atoms with E-state index in [0.29, 0.717) is 26.1 Å². The molecule has 0 bridgehead atoms. The molecule has 2 aliphatic rings. The maximum atomic E-state index is 12.3. The van der Waals surface area contributed by atoms with Gasteiger partial charge in [-0.1, -0.05) is 0 Å². The molecule has 0 saturated carbocycles. The molecular formula is C13H20N4O3S. The number of carbonyl (C=O) groups excluding carboxylic acids is 1. The Morgan fingerprint density at radius 3 is 2.81 bits per heavy atom. The van der Waals surface area contributed by atoms with Crippen molar-refractivity contribution >= 4 is 15.9 Å². The molecule has 0 aliphatic carbocycles. The van der Waals surface area contributed by atoms with Crippen LogP contribution in [0.15, 0.2) is 18.5 Å². The van der Waals surface area contributed by atoms with Crippen molar-refractivity contribution in [3.8, 4) is 0 Å². The molecule has 1 atom stereocenters. The van der Waals surface area contributed by atoms with Crippen LogP contribution in [0.1, 0.15) is 25.3 Å². The molecule has 3 heterocycles. The summed E-state index contributed by atoms with van der Waals surface area (Å²) < 4.78 is 26.7. The maximum absolute atomic E-state index is 12.3. The van der Waals surface area contributed by atoms with Gasteiger partial charge >= 0.3 is 0 Å². The van der Waals surface area contributed by atoms with E-state index in [1.807, 2.05) is 16.9 Å². The highest BCUT2D eigenvalue weighted by Crippen LogP contribution is 2.21. The van der Waals surface area contributed by atoms with E-state index in [0.717, 1.165) is 12.8 Å². The van der Waals surface area contributed by atoms with Crippen LogP contribution in [0, 0.1) is 0 Å². The third-order valence-electron chi connectivity index (χ3n) is 4.16. The van der Waals surface area contributed by atoms with E-state index < -0.39 is 10.0 Å². The van der Waals surface area contributed by atoms with Crippen molar-refractivity contribution in [3.05, 3.63) is 18.5 Å². The van der Waals surface area contributed by atoms with Gasteiger partial charge < -0.3 is 4.90 Å². The van der Waals surface area contributed by atoms with E-state index in [9.17, 15) is 13.2 Å². The maximum Gasteiger partial charge on any atom is 0.237 e. The molecule has 3 rings (SSSR count). The second-order valence-corrected chi connectivity index (χ2v) is 7.71. The van der Waals surface area contributed by atoms with Crippen LogP contribution in [-0.4, -0.2) is 65.2 Å². The summed E-state index contributed by atoms with van der Waals surface area (Å²) in [5, 5.41) is 4.23. The molecule has 7 nitrogen and oxygen atoms in total. The van der Waals surface area contributed by atoms with Gasteiger partial charge in [0.1, 0.15) is 0 Å². The van der Waals surface area contributed by atoms with E-state index in [1.54, 1.807) is 11.1 Å². The topological polar surface area (TPSA) is 75.5 Å². The fourth-order valence-corrected chi connectivity index (χ4v) is 4.48. The molecule has 0 spiro atoms. The van der Waals surface area contributed by atoms with Crippen molar-refractivity contribution in [2.45, 2.75) is 25.3 Å². The van der Waals surface area contributed by atoms with Crippen LogP contribution in [0.5, 0.6) is 0 Å². The Morgan fingerprint density at radius 2 is 2.14 bits per heavy atom. The van der Waals surface area contributed by atoms with Crippen LogP contribution in [0.3, 0.4) is 0 Å². The molecule has 1 amide bonds. The fraction of sp³-hybridized carbons (Fsp3) is 0.692. The molecule has 2 fully saturated rings. The zero-order valence-electron chi connectivity index (χ0n) is 11.9. The summed E-state index contributed by atoms with van der Waals surface area (Å²) >= 11 is 0. The Balaban J connectivity index is 1.62. The summed E-state index contributed by atoms with van der Waals surface area (Å²) in [5.74, 6) is 0.0632. The van der Waals surface area contributed by atoms with Crippen molar-refractivity contribution in [2.24, 2.45) is 0 Å². The van der Waals surface area contributed by atoms with Crippen LogP contribution in [-0.2, 0) is 14.8 Å². The second kappa shape index (κ2) is 5.76. The number of nitrogens with zero attached hydrogens (tertiary/aromatic N) is 4. The minimum Gasteiger partial charge on any atom is -0.339 e. The molecule has 0 N–H and O–H groups in total. The number of hydrogen-bond donors (Lipinski definition) is 0. The monoisotopic (exact) mass is 312 g/mol. The van der Waals surface area contributed by atoms with Gasteiger partial charge in [-0.15, -0.1) is 0 Å². The quantitative estimate of drug-likeness (QED) is 0.792. The minimum atomic E-state index is -3.21. The van der Waals surface area contributed by atoms with E-state index in [-0.39, 0.29) is 24.2 Å². The third kappa shape index (κ3) is 3.11. The van der Waals surface area contributed by atoms with Crippen molar-refractivity contribution in [1.29, 1.82) is 0 Å². The number of sulfonamides is 1. The first-order valence-electron chi connectivity index (χ1n) is 7.31. The molecule has 2 saturated heterocycles. The number of piperidine rings is 1. The normalized spacial score (nSPS) is 26.1. The summed E-state index contributed by atoms with van der Waals surface area (Å²) in [7, 11) is -3.21. The van der Waals surface area contributed by atoms with E-state index in [1.165, 1.54) is 4.31 Å². The molecular weight excluding hydrogens is 292 g/mol. The van der Waals surface area contributed by atoms with Gasteiger partial charge in [0.05, 0.1) is 18.3 Å². The van der Waals surface area contributed by atoms with Crippen LogP contribution in [0.2, 0.25) is 0 Å². The zero-order valence-corrected chi connectivity index (χ0v) is 12.7. The highest BCUT2D eigenvalue weighted by molar-refractivity contribution is 7.89. The van der Waals surface area contributed by atoms with Gasteiger partial charge in [0.15, 0.2) is 0 Å². The lowest BCUT2D eigenvalue weighted by molar-refractivity contribution is -0.133. The van der Waals surface area contributed by atoms with Crippen LogP contribution in [0.25, 0.3) is 0 Å². The minimum absolute atomic E-state index is 0.0197. The van der Waals surface area contributed by atoms with Gasteiger partial charge in [-0.2, -0.15) is 9.40 Å². The molecule has 0 unspecified atom stereocenters. The second-order valence-electron chi connectivity index (χ2n) is 5.62. The first-order valence-corrected chi connectivity index (χ1v) is 8.92. The highest BCUT2D eigenvalue weighted by atomic mass is 32.2. The number of carbonyl (C=O) groups is 1. The lowest BCUT2D eigenvalue weighted by atomic mass is 10.1. The number of hydrogen-bond acceptors (Lipinski definition) is 4. The van der Waals surface area contributed by atoms with Gasteiger partial charge in [0, 0.05) is 32.0 Å². The Hall–Kier alpha value is -1.41. The molecule has 2 aliphatic heterocycles. The fourth-order valence-electron chi connectivity index (χ4n) is 3.01. The Kier molecular flexibility index (Phi) is 3.99.